The van der Waals surface area contributed by atoms with E-state index in [-0.39, 0.29) is 11.9 Å². The van der Waals surface area contributed by atoms with Gasteiger partial charge in [-0.15, -0.1) is 0 Å². The lowest BCUT2D eigenvalue weighted by Crippen LogP contribution is -2.48. The van der Waals surface area contributed by atoms with Crippen LogP contribution in [0.15, 0.2) is 24.3 Å². The summed E-state index contributed by atoms with van der Waals surface area (Å²) in [6.45, 7) is 6.11. The third kappa shape index (κ3) is 5.31. The van der Waals surface area contributed by atoms with E-state index in [1.54, 1.807) is 0 Å². The number of nitrogens with zero attached hydrogens (tertiary/aromatic N) is 2. The highest BCUT2D eigenvalue weighted by molar-refractivity contribution is 5.81. The molecule has 1 saturated heterocycles. The molecule has 0 aromatic heterocycles. The van der Waals surface area contributed by atoms with Crippen LogP contribution in [0.25, 0.3) is 0 Å². The monoisotopic (exact) mass is 357 g/mol. The summed E-state index contributed by atoms with van der Waals surface area (Å²) >= 11 is 0. The summed E-state index contributed by atoms with van der Waals surface area (Å²) in [6.07, 6.45) is 9.04. The van der Waals surface area contributed by atoms with Crippen molar-refractivity contribution in [1.29, 1.82) is 0 Å². The molecule has 4 heteroatoms. The van der Waals surface area contributed by atoms with Gasteiger partial charge < -0.3 is 5.32 Å². The van der Waals surface area contributed by atoms with Gasteiger partial charge in [-0.05, 0) is 63.9 Å². The zero-order chi connectivity index (χ0) is 18.4. The molecular formula is C22H35N3O. The van der Waals surface area contributed by atoms with Gasteiger partial charge in [-0.25, -0.2) is 0 Å². The summed E-state index contributed by atoms with van der Waals surface area (Å²) in [7, 11) is 2.11. The van der Waals surface area contributed by atoms with Crippen LogP contribution in [0, 0.1) is 0 Å². The second kappa shape index (κ2) is 9.52. The summed E-state index contributed by atoms with van der Waals surface area (Å²) in [6, 6.07) is 9.17. The third-order valence-corrected chi connectivity index (χ3v) is 6.20. The lowest BCUT2D eigenvalue weighted by Gasteiger charge is -2.34. The highest BCUT2D eigenvalue weighted by atomic mass is 16.2. The fourth-order valence-corrected chi connectivity index (χ4v) is 4.36. The van der Waals surface area contributed by atoms with Crippen molar-refractivity contribution < 1.29 is 4.79 Å². The molecule has 1 aromatic carbocycles. The van der Waals surface area contributed by atoms with Crippen molar-refractivity contribution in [3.63, 3.8) is 0 Å². The molecule has 26 heavy (non-hydrogen) atoms. The molecule has 2 aliphatic rings. The molecule has 144 valence electrons. The Morgan fingerprint density at radius 3 is 2.58 bits per heavy atom. The maximum absolute atomic E-state index is 12.6. The van der Waals surface area contributed by atoms with E-state index in [0.29, 0.717) is 12.6 Å². The molecule has 1 aliphatic heterocycles. The number of hydrogen-bond donors (Lipinski definition) is 1. The maximum atomic E-state index is 12.6. The third-order valence-electron chi connectivity index (χ3n) is 6.20. The van der Waals surface area contributed by atoms with Crippen LogP contribution in [0.3, 0.4) is 0 Å². The molecule has 1 aliphatic carbocycles. The van der Waals surface area contributed by atoms with Crippen molar-refractivity contribution in [1.82, 2.24) is 15.1 Å². The smallest absolute Gasteiger partial charge is 0.237 e. The van der Waals surface area contributed by atoms with Gasteiger partial charge in [-0.1, -0.05) is 43.5 Å². The van der Waals surface area contributed by atoms with Gasteiger partial charge in [-0.2, -0.15) is 0 Å². The molecule has 0 bridgehead atoms. The second-order valence-corrected chi connectivity index (χ2v) is 8.15. The van der Waals surface area contributed by atoms with E-state index in [1.807, 2.05) is 6.92 Å². The standard InChI is InChI=1S/C22H35N3O/c1-18(24(2)21-11-4-3-5-12-21)22(26)23-16-19-9-8-10-20(15-19)17-25-13-6-7-14-25/h8-10,15,18,21H,3-7,11-14,16-17H2,1-2H3,(H,23,26). The van der Waals surface area contributed by atoms with Gasteiger partial charge >= 0.3 is 0 Å². The molecule has 2 fully saturated rings. The molecule has 1 unspecified atom stereocenters. The molecule has 1 atom stereocenters. The lowest BCUT2D eigenvalue weighted by molar-refractivity contribution is -0.126. The molecule has 1 aromatic rings. The van der Waals surface area contributed by atoms with Crippen LogP contribution < -0.4 is 5.32 Å². The van der Waals surface area contributed by atoms with E-state index < -0.39 is 0 Å². The topological polar surface area (TPSA) is 35.6 Å². The van der Waals surface area contributed by atoms with E-state index in [0.717, 1.165) is 6.54 Å². The lowest BCUT2D eigenvalue weighted by atomic mass is 9.93. The molecule has 1 N–H and O–H groups in total. The number of benzene rings is 1. The number of rotatable bonds is 7. The summed E-state index contributed by atoms with van der Waals surface area (Å²) in [4.78, 5) is 17.4. The van der Waals surface area contributed by atoms with Gasteiger partial charge in [0.25, 0.3) is 0 Å². The van der Waals surface area contributed by atoms with Crippen molar-refractivity contribution >= 4 is 5.91 Å². The van der Waals surface area contributed by atoms with Crippen LogP contribution >= 0.6 is 0 Å². The van der Waals surface area contributed by atoms with Crippen LogP contribution in [-0.2, 0) is 17.9 Å². The van der Waals surface area contributed by atoms with Gasteiger partial charge in [0.2, 0.25) is 5.91 Å². The zero-order valence-electron chi connectivity index (χ0n) is 16.5. The summed E-state index contributed by atoms with van der Waals surface area (Å²) in [5, 5.41) is 3.15. The largest absolute Gasteiger partial charge is 0.351 e. The Morgan fingerprint density at radius 1 is 1.15 bits per heavy atom. The van der Waals surface area contributed by atoms with Crippen molar-refractivity contribution in [2.24, 2.45) is 0 Å². The Hall–Kier alpha value is -1.39. The average Bonchev–Trinajstić information content (AvgIpc) is 3.19. The molecular weight excluding hydrogens is 322 g/mol. The van der Waals surface area contributed by atoms with Crippen molar-refractivity contribution in [2.45, 2.75) is 77.0 Å². The number of nitrogens with one attached hydrogen (secondary N) is 1. The molecule has 1 saturated carbocycles. The van der Waals surface area contributed by atoms with Crippen molar-refractivity contribution in [2.75, 3.05) is 20.1 Å². The summed E-state index contributed by atoms with van der Waals surface area (Å²) < 4.78 is 0. The molecule has 1 amide bonds. The predicted octanol–water partition coefficient (Wildman–Crippen LogP) is 3.55. The number of carbonyl (C=O) groups is 1. The molecule has 3 rings (SSSR count). The first kappa shape index (κ1) is 19.4. The number of carbonyl (C=O) groups excluding carboxylic acids is 1. The van der Waals surface area contributed by atoms with Crippen LogP contribution in [-0.4, -0.2) is 47.9 Å². The van der Waals surface area contributed by atoms with E-state index in [4.69, 9.17) is 0 Å². The predicted molar refractivity (Wildman–Crippen MR) is 107 cm³/mol. The number of likely N-dealkylation sites (tertiary alicyclic amines) is 1. The van der Waals surface area contributed by atoms with E-state index in [9.17, 15) is 4.79 Å². The highest BCUT2D eigenvalue weighted by Crippen LogP contribution is 2.23. The van der Waals surface area contributed by atoms with Gasteiger partial charge in [0.05, 0.1) is 6.04 Å². The molecule has 1 heterocycles. The van der Waals surface area contributed by atoms with Gasteiger partial charge in [0.15, 0.2) is 0 Å². The fourth-order valence-electron chi connectivity index (χ4n) is 4.36. The first-order valence-corrected chi connectivity index (χ1v) is 10.4. The Labute approximate surface area is 158 Å². The highest BCUT2D eigenvalue weighted by Gasteiger charge is 2.25. The Balaban J connectivity index is 1.48. The minimum atomic E-state index is -0.0640. The number of likely N-dealkylation sites (N-methyl/N-ethyl adjacent to an activating group) is 1. The summed E-state index contributed by atoms with van der Waals surface area (Å²) in [5.74, 6) is 0.142. The van der Waals surface area contributed by atoms with Crippen molar-refractivity contribution in [3.05, 3.63) is 35.4 Å². The quantitative estimate of drug-likeness (QED) is 0.810. The Morgan fingerprint density at radius 2 is 1.85 bits per heavy atom. The van der Waals surface area contributed by atoms with Gasteiger partial charge in [-0.3, -0.25) is 14.6 Å². The maximum Gasteiger partial charge on any atom is 0.237 e. The van der Waals surface area contributed by atoms with Crippen LogP contribution in [0.4, 0.5) is 0 Å². The molecule has 4 nitrogen and oxygen atoms in total. The van der Waals surface area contributed by atoms with Crippen LogP contribution in [0.1, 0.15) is 63.0 Å². The first-order chi connectivity index (χ1) is 12.6. The SMILES string of the molecule is CC(C(=O)NCc1cccc(CN2CCCC2)c1)N(C)C1CCCCC1. The molecule has 0 radical (unpaired) electrons. The fraction of sp³-hybridized carbons (Fsp3) is 0.682. The van der Waals surface area contributed by atoms with Gasteiger partial charge in [0, 0.05) is 19.1 Å². The first-order valence-electron chi connectivity index (χ1n) is 10.4. The Kier molecular flexibility index (Phi) is 7.09. The average molecular weight is 358 g/mol. The van der Waals surface area contributed by atoms with Crippen molar-refractivity contribution in [3.8, 4) is 0 Å². The Bertz CT molecular complexity index is 577. The van der Waals surface area contributed by atoms with E-state index in [1.165, 1.54) is 69.2 Å². The van der Waals surface area contributed by atoms with Crippen LogP contribution in [0.5, 0.6) is 0 Å². The zero-order valence-corrected chi connectivity index (χ0v) is 16.5. The van der Waals surface area contributed by atoms with E-state index in [2.05, 4.69) is 46.4 Å². The number of hydrogen-bond acceptors (Lipinski definition) is 3. The van der Waals surface area contributed by atoms with E-state index >= 15 is 0 Å². The minimum Gasteiger partial charge on any atom is -0.351 e. The summed E-state index contributed by atoms with van der Waals surface area (Å²) in [5.41, 5.74) is 2.55. The van der Waals surface area contributed by atoms with Crippen LogP contribution in [0.2, 0.25) is 0 Å². The minimum absolute atomic E-state index is 0.0640. The van der Waals surface area contributed by atoms with Gasteiger partial charge in [0.1, 0.15) is 0 Å². The normalized spacial score (nSPS) is 20.4. The molecule has 0 spiro atoms. The number of amides is 1. The second-order valence-electron chi connectivity index (χ2n) is 8.15.